The monoisotopic (exact) mass is 275 g/mol. The SMILES string of the molecule is Cc1ccc(-c2nnc(CCCNC(C)C)s2)cc1. The van der Waals surface area contributed by atoms with E-state index >= 15 is 0 Å². The summed E-state index contributed by atoms with van der Waals surface area (Å²) >= 11 is 1.70. The van der Waals surface area contributed by atoms with Gasteiger partial charge in [0.1, 0.15) is 10.0 Å². The van der Waals surface area contributed by atoms with Gasteiger partial charge in [0, 0.05) is 18.0 Å². The van der Waals surface area contributed by atoms with Crippen LogP contribution in [-0.4, -0.2) is 22.8 Å². The Hall–Kier alpha value is -1.26. The number of rotatable bonds is 6. The van der Waals surface area contributed by atoms with Crippen LogP contribution >= 0.6 is 11.3 Å². The number of nitrogens with one attached hydrogen (secondary N) is 1. The summed E-state index contributed by atoms with van der Waals surface area (Å²) in [6.07, 6.45) is 2.12. The molecule has 1 aromatic heterocycles. The molecule has 0 radical (unpaired) electrons. The molecule has 0 saturated heterocycles. The van der Waals surface area contributed by atoms with Gasteiger partial charge in [-0.15, -0.1) is 10.2 Å². The number of hydrogen-bond donors (Lipinski definition) is 1. The van der Waals surface area contributed by atoms with Gasteiger partial charge < -0.3 is 5.32 Å². The maximum atomic E-state index is 4.28. The van der Waals surface area contributed by atoms with Gasteiger partial charge in [0.2, 0.25) is 0 Å². The number of aromatic nitrogens is 2. The van der Waals surface area contributed by atoms with Gasteiger partial charge in [-0.3, -0.25) is 0 Å². The van der Waals surface area contributed by atoms with Crippen molar-refractivity contribution in [1.82, 2.24) is 15.5 Å². The Morgan fingerprint density at radius 2 is 1.89 bits per heavy atom. The first-order valence-corrected chi connectivity index (χ1v) is 7.59. The predicted octanol–water partition coefficient (Wildman–Crippen LogP) is 3.44. The molecule has 0 saturated carbocycles. The van der Waals surface area contributed by atoms with Crippen LogP contribution in [0.4, 0.5) is 0 Å². The highest BCUT2D eigenvalue weighted by Crippen LogP contribution is 2.24. The van der Waals surface area contributed by atoms with Gasteiger partial charge in [-0.2, -0.15) is 0 Å². The maximum Gasteiger partial charge on any atom is 0.147 e. The molecule has 0 aliphatic rings. The second-order valence-corrected chi connectivity index (χ2v) is 6.14. The molecule has 0 bridgehead atoms. The van der Waals surface area contributed by atoms with Crippen molar-refractivity contribution in [3.8, 4) is 10.6 Å². The molecule has 102 valence electrons. The predicted molar refractivity (Wildman–Crippen MR) is 81.5 cm³/mol. The van der Waals surface area contributed by atoms with Crippen molar-refractivity contribution in [1.29, 1.82) is 0 Å². The number of aryl methyl sites for hydroxylation is 2. The summed E-state index contributed by atoms with van der Waals surface area (Å²) in [5, 5.41) is 14.1. The fourth-order valence-electron chi connectivity index (χ4n) is 1.80. The van der Waals surface area contributed by atoms with Crippen LogP contribution in [0.2, 0.25) is 0 Å². The molecule has 1 N–H and O–H groups in total. The summed E-state index contributed by atoms with van der Waals surface area (Å²) in [5.41, 5.74) is 2.43. The quantitative estimate of drug-likeness (QED) is 0.821. The molecule has 0 atom stereocenters. The smallest absolute Gasteiger partial charge is 0.147 e. The molecule has 1 aromatic carbocycles. The van der Waals surface area contributed by atoms with E-state index < -0.39 is 0 Å². The molecule has 19 heavy (non-hydrogen) atoms. The van der Waals surface area contributed by atoms with Crippen LogP contribution in [0.15, 0.2) is 24.3 Å². The van der Waals surface area contributed by atoms with Crippen molar-refractivity contribution in [3.05, 3.63) is 34.8 Å². The van der Waals surface area contributed by atoms with Crippen molar-refractivity contribution in [3.63, 3.8) is 0 Å². The van der Waals surface area contributed by atoms with Crippen molar-refractivity contribution in [2.75, 3.05) is 6.54 Å². The van der Waals surface area contributed by atoms with Gasteiger partial charge >= 0.3 is 0 Å². The molecule has 0 spiro atoms. The molecule has 0 aliphatic heterocycles. The fourth-order valence-corrected chi connectivity index (χ4v) is 2.68. The van der Waals surface area contributed by atoms with E-state index in [9.17, 15) is 0 Å². The van der Waals surface area contributed by atoms with Gasteiger partial charge in [-0.1, -0.05) is 55.0 Å². The minimum absolute atomic E-state index is 0.553. The number of benzene rings is 1. The molecule has 0 fully saturated rings. The standard InChI is InChI=1S/C15H21N3S/c1-11(2)16-10-4-5-14-17-18-15(19-14)13-8-6-12(3)7-9-13/h6-9,11,16H,4-5,10H2,1-3H3. The first-order valence-electron chi connectivity index (χ1n) is 6.78. The van der Waals surface area contributed by atoms with Crippen LogP contribution in [0.1, 0.15) is 30.8 Å². The van der Waals surface area contributed by atoms with E-state index in [0.29, 0.717) is 6.04 Å². The maximum absolute atomic E-state index is 4.28. The van der Waals surface area contributed by atoms with E-state index in [1.165, 1.54) is 5.56 Å². The van der Waals surface area contributed by atoms with Crippen LogP contribution in [0.25, 0.3) is 10.6 Å². The summed E-state index contributed by atoms with van der Waals surface area (Å²) < 4.78 is 0. The first kappa shape index (κ1) is 14.2. The third-order valence-corrected chi connectivity index (χ3v) is 3.92. The first-order chi connectivity index (χ1) is 9.15. The summed E-state index contributed by atoms with van der Waals surface area (Å²) in [6, 6.07) is 9.00. The van der Waals surface area contributed by atoms with Crippen molar-refractivity contribution >= 4 is 11.3 Å². The van der Waals surface area contributed by atoms with Crippen molar-refractivity contribution in [2.24, 2.45) is 0 Å². The molecule has 0 aliphatic carbocycles. The van der Waals surface area contributed by atoms with E-state index in [1.54, 1.807) is 11.3 Å². The normalized spacial score (nSPS) is 11.2. The minimum Gasteiger partial charge on any atom is -0.315 e. The van der Waals surface area contributed by atoms with Crippen LogP contribution in [0.5, 0.6) is 0 Å². The zero-order valence-electron chi connectivity index (χ0n) is 11.8. The Balaban J connectivity index is 1.90. The van der Waals surface area contributed by atoms with Gasteiger partial charge in [0.05, 0.1) is 0 Å². The lowest BCUT2D eigenvalue weighted by atomic mass is 10.2. The zero-order valence-corrected chi connectivity index (χ0v) is 12.6. The van der Waals surface area contributed by atoms with Crippen LogP contribution in [0.3, 0.4) is 0 Å². The molecule has 1 heterocycles. The van der Waals surface area contributed by atoms with Crippen LogP contribution in [-0.2, 0) is 6.42 Å². The van der Waals surface area contributed by atoms with Crippen LogP contribution < -0.4 is 5.32 Å². The molecular weight excluding hydrogens is 254 g/mol. The lowest BCUT2D eigenvalue weighted by molar-refractivity contribution is 0.569. The average molecular weight is 275 g/mol. The number of nitrogens with zero attached hydrogens (tertiary/aromatic N) is 2. The lowest BCUT2D eigenvalue weighted by Crippen LogP contribution is -2.23. The summed E-state index contributed by atoms with van der Waals surface area (Å²) in [4.78, 5) is 0. The highest BCUT2D eigenvalue weighted by atomic mass is 32.1. The van der Waals surface area contributed by atoms with Crippen LogP contribution in [0, 0.1) is 6.92 Å². The highest BCUT2D eigenvalue weighted by molar-refractivity contribution is 7.14. The molecule has 2 rings (SSSR count). The molecular formula is C15H21N3S. The Morgan fingerprint density at radius 1 is 1.16 bits per heavy atom. The van der Waals surface area contributed by atoms with Gasteiger partial charge in [-0.05, 0) is 19.9 Å². The summed E-state index contributed by atoms with van der Waals surface area (Å²) in [7, 11) is 0. The van der Waals surface area contributed by atoms with E-state index in [1.807, 2.05) is 0 Å². The summed E-state index contributed by atoms with van der Waals surface area (Å²) in [6.45, 7) is 7.47. The molecule has 0 amide bonds. The van der Waals surface area contributed by atoms with E-state index in [2.05, 4.69) is 60.6 Å². The van der Waals surface area contributed by atoms with Crippen molar-refractivity contribution in [2.45, 2.75) is 39.7 Å². The van der Waals surface area contributed by atoms with Gasteiger partial charge in [0.25, 0.3) is 0 Å². The molecule has 3 nitrogen and oxygen atoms in total. The fraction of sp³-hybridized carbons (Fsp3) is 0.467. The van der Waals surface area contributed by atoms with Gasteiger partial charge in [0.15, 0.2) is 0 Å². The summed E-state index contributed by atoms with van der Waals surface area (Å²) in [5.74, 6) is 0. The van der Waals surface area contributed by atoms with Gasteiger partial charge in [-0.25, -0.2) is 0 Å². The third-order valence-electron chi connectivity index (χ3n) is 2.89. The molecule has 4 heteroatoms. The average Bonchev–Trinajstić information content (AvgIpc) is 2.84. The molecule has 0 unspecified atom stereocenters. The minimum atomic E-state index is 0.553. The Labute approximate surface area is 119 Å². The second-order valence-electron chi connectivity index (χ2n) is 5.08. The second kappa shape index (κ2) is 6.78. The largest absolute Gasteiger partial charge is 0.315 e. The lowest BCUT2D eigenvalue weighted by Gasteiger charge is -2.05. The van der Waals surface area contributed by atoms with E-state index in [-0.39, 0.29) is 0 Å². The number of hydrogen-bond acceptors (Lipinski definition) is 4. The highest BCUT2D eigenvalue weighted by Gasteiger charge is 2.06. The van der Waals surface area contributed by atoms with E-state index in [4.69, 9.17) is 0 Å². The third kappa shape index (κ3) is 4.40. The Kier molecular flexibility index (Phi) is 5.05. The van der Waals surface area contributed by atoms with Crippen molar-refractivity contribution < 1.29 is 0 Å². The zero-order chi connectivity index (χ0) is 13.7. The Bertz CT molecular complexity index is 502. The molecule has 2 aromatic rings. The van der Waals surface area contributed by atoms with E-state index in [0.717, 1.165) is 35.0 Å². The Morgan fingerprint density at radius 3 is 2.58 bits per heavy atom. The topological polar surface area (TPSA) is 37.8 Å².